The molecule has 2 aromatic heterocycles. The lowest BCUT2D eigenvalue weighted by Crippen LogP contribution is -2.11. The molecule has 0 aromatic carbocycles. The minimum atomic E-state index is -0.488. The summed E-state index contributed by atoms with van der Waals surface area (Å²) in [4.78, 5) is 16.5. The van der Waals surface area contributed by atoms with Gasteiger partial charge >= 0.3 is 6.09 Å². The van der Waals surface area contributed by atoms with E-state index in [2.05, 4.69) is 15.2 Å². The van der Waals surface area contributed by atoms with Gasteiger partial charge in [0, 0.05) is 19.4 Å². The molecule has 2 rings (SSSR count). The molecule has 0 radical (unpaired) electrons. The van der Waals surface area contributed by atoms with E-state index in [9.17, 15) is 4.79 Å². The second-order valence-electron chi connectivity index (χ2n) is 2.85. The van der Waals surface area contributed by atoms with Crippen LogP contribution in [0.4, 0.5) is 4.79 Å². The fourth-order valence-electron chi connectivity index (χ4n) is 1.03. The highest BCUT2D eigenvalue weighted by Gasteiger charge is 2.06. The molecule has 0 amide bonds. The first-order valence-electron chi connectivity index (χ1n) is 4.26. The van der Waals surface area contributed by atoms with E-state index >= 15 is 0 Å². The van der Waals surface area contributed by atoms with E-state index in [1.165, 1.54) is 28.1 Å². The Morgan fingerprint density at radius 1 is 1.60 bits per heavy atom. The van der Waals surface area contributed by atoms with Crippen LogP contribution in [-0.2, 0) is 18.4 Å². The van der Waals surface area contributed by atoms with E-state index in [-0.39, 0.29) is 6.61 Å². The van der Waals surface area contributed by atoms with Crippen molar-refractivity contribution in [3.05, 3.63) is 30.6 Å². The summed E-state index contributed by atoms with van der Waals surface area (Å²) in [5.74, 6) is 0. The van der Waals surface area contributed by atoms with E-state index in [0.717, 1.165) is 0 Å². The molecular formula is C8H9N5O2. The minimum Gasteiger partial charge on any atom is -0.442 e. The second-order valence-corrected chi connectivity index (χ2v) is 2.85. The van der Waals surface area contributed by atoms with Crippen LogP contribution in [0.5, 0.6) is 0 Å². The zero-order valence-corrected chi connectivity index (χ0v) is 8.07. The highest BCUT2D eigenvalue weighted by Crippen LogP contribution is 1.97. The van der Waals surface area contributed by atoms with Gasteiger partial charge in [-0.05, 0) is 0 Å². The monoisotopic (exact) mass is 207 g/mol. The molecule has 0 atom stereocenters. The third-order valence-electron chi connectivity index (χ3n) is 1.71. The van der Waals surface area contributed by atoms with Gasteiger partial charge in [-0.25, -0.2) is 14.3 Å². The summed E-state index contributed by atoms with van der Waals surface area (Å²) in [7, 11) is 1.70. The van der Waals surface area contributed by atoms with Gasteiger partial charge in [-0.1, -0.05) is 0 Å². The van der Waals surface area contributed by atoms with Crippen LogP contribution in [-0.4, -0.2) is 30.6 Å². The fraction of sp³-hybridized carbons (Fsp3) is 0.250. The molecule has 0 fully saturated rings. The van der Waals surface area contributed by atoms with Crippen molar-refractivity contribution in [1.29, 1.82) is 0 Å². The number of carbonyl (C=O) groups excluding carboxylic acids is 1. The summed E-state index contributed by atoms with van der Waals surface area (Å²) in [5, 5.41) is 7.82. The Balaban J connectivity index is 1.91. The van der Waals surface area contributed by atoms with Crippen LogP contribution in [0, 0.1) is 0 Å². The Kier molecular flexibility index (Phi) is 2.44. The van der Waals surface area contributed by atoms with Crippen molar-refractivity contribution in [3.8, 4) is 0 Å². The maximum atomic E-state index is 11.3. The van der Waals surface area contributed by atoms with Gasteiger partial charge in [0.1, 0.15) is 18.6 Å². The van der Waals surface area contributed by atoms with Gasteiger partial charge in [0.05, 0.1) is 6.20 Å². The maximum absolute atomic E-state index is 11.3. The lowest BCUT2D eigenvalue weighted by molar-refractivity contribution is 0.139. The quantitative estimate of drug-likeness (QED) is 0.703. The smallest absolute Gasteiger partial charge is 0.419 e. The Hall–Kier alpha value is -2.18. The number of hydrogen-bond donors (Lipinski definition) is 0. The van der Waals surface area contributed by atoms with Crippen LogP contribution in [0.2, 0.25) is 0 Å². The Bertz CT molecular complexity index is 447. The van der Waals surface area contributed by atoms with Crippen molar-refractivity contribution in [2.45, 2.75) is 6.61 Å². The van der Waals surface area contributed by atoms with Crippen LogP contribution in [0.1, 0.15) is 5.69 Å². The zero-order chi connectivity index (χ0) is 10.7. The predicted octanol–water partition coefficient (Wildman–Crippen LogP) is 0.197. The molecule has 78 valence electrons. The molecule has 7 nitrogen and oxygen atoms in total. The average molecular weight is 207 g/mol. The highest BCUT2D eigenvalue weighted by molar-refractivity contribution is 5.69. The van der Waals surface area contributed by atoms with Gasteiger partial charge in [0.25, 0.3) is 0 Å². The summed E-state index contributed by atoms with van der Waals surface area (Å²) < 4.78 is 6.20. The molecule has 0 unspecified atom stereocenters. The SMILES string of the molecule is Cn1ncc(COC(=O)n2ccnc2)n1. The van der Waals surface area contributed by atoms with Crippen molar-refractivity contribution in [2.75, 3.05) is 0 Å². The molecule has 15 heavy (non-hydrogen) atoms. The molecule has 2 aromatic rings. The van der Waals surface area contributed by atoms with Gasteiger partial charge < -0.3 is 4.74 Å². The van der Waals surface area contributed by atoms with E-state index in [0.29, 0.717) is 5.69 Å². The Morgan fingerprint density at radius 3 is 3.07 bits per heavy atom. The first kappa shape index (κ1) is 9.38. The van der Waals surface area contributed by atoms with Crippen molar-refractivity contribution in [1.82, 2.24) is 24.5 Å². The van der Waals surface area contributed by atoms with Crippen molar-refractivity contribution in [2.24, 2.45) is 7.05 Å². The first-order valence-corrected chi connectivity index (χ1v) is 4.26. The topological polar surface area (TPSA) is 74.8 Å². The lowest BCUT2D eigenvalue weighted by atomic mass is 10.5. The number of carbonyl (C=O) groups is 1. The number of nitrogens with zero attached hydrogens (tertiary/aromatic N) is 5. The van der Waals surface area contributed by atoms with Crippen LogP contribution in [0.3, 0.4) is 0 Å². The van der Waals surface area contributed by atoms with Gasteiger partial charge in [-0.2, -0.15) is 15.0 Å². The maximum Gasteiger partial charge on any atom is 0.419 e. The van der Waals surface area contributed by atoms with Crippen LogP contribution >= 0.6 is 0 Å². The van der Waals surface area contributed by atoms with E-state index < -0.39 is 6.09 Å². The summed E-state index contributed by atoms with van der Waals surface area (Å²) in [6.07, 6.45) is 5.45. The van der Waals surface area contributed by atoms with Gasteiger partial charge in [-0.15, -0.1) is 0 Å². The van der Waals surface area contributed by atoms with Crippen LogP contribution in [0.25, 0.3) is 0 Å². The Morgan fingerprint density at radius 2 is 2.47 bits per heavy atom. The van der Waals surface area contributed by atoms with Gasteiger partial charge in [0.15, 0.2) is 0 Å². The van der Waals surface area contributed by atoms with Crippen molar-refractivity contribution >= 4 is 6.09 Å². The normalized spacial score (nSPS) is 10.2. The molecule has 0 saturated carbocycles. The van der Waals surface area contributed by atoms with Gasteiger partial charge in [-0.3, -0.25) is 0 Å². The largest absolute Gasteiger partial charge is 0.442 e. The number of aromatic nitrogens is 5. The molecule has 0 aliphatic carbocycles. The number of ether oxygens (including phenoxy) is 1. The van der Waals surface area contributed by atoms with Crippen molar-refractivity contribution in [3.63, 3.8) is 0 Å². The minimum absolute atomic E-state index is 0.102. The molecule has 0 N–H and O–H groups in total. The molecule has 0 saturated heterocycles. The third kappa shape index (κ3) is 2.19. The standard InChI is InChI=1S/C8H9N5O2/c1-12-10-4-7(11-12)5-15-8(14)13-3-2-9-6-13/h2-4,6H,5H2,1H3. The zero-order valence-electron chi connectivity index (χ0n) is 8.07. The molecule has 2 heterocycles. The predicted molar refractivity (Wildman–Crippen MR) is 48.8 cm³/mol. The third-order valence-corrected chi connectivity index (χ3v) is 1.71. The first-order chi connectivity index (χ1) is 7.25. The number of hydrogen-bond acceptors (Lipinski definition) is 5. The summed E-state index contributed by atoms with van der Waals surface area (Å²) >= 11 is 0. The number of rotatable bonds is 2. The summed E-state index contributed by atoms with van der Waals surface area (Å²) in [5.41, 5.74) is 0.603. The number of imidazole rings is 1. The molecule has 0 bridgehead atoms. The molecule has 0 aliphatic heterocycles. The molecule has 0 aliphatic rings. The van der Waals surface area contributed by atoms with E-state index in [1.54, 1.807) is 13.2 Å². The van der Waals surface area contributed by atoms with Crippen LogP contribution in [0.15, 0.2) is 24.9 Å². The van der Waals surface area contributed by atoms with Crippen LogP contribution < -0.4 is 0 Å². The molecular weight excluding hydrogens is 198 g/mol. The Labute approximate surface area is 85.3 Å². The average Bonchev–Trinajstić information content (AvgIpc) is 2.84. The van der Waals surface area contributed by atoms with Crippen molar-refractivity contribution < 1.29 is 9.53 Å². The summed E-state index contributed by atoms with van der Waals surface area (Å²) in [6.45, 7) is 0.102. The van der Waals surface area contributed by atoms with E-state index in [1.807, 2.05) is 0 Å². The van der Waals surface area contributed by atoms with Gasteiger partial charge in [0.2, 0.25) is 0 Å². The highest BCUT2D eigenvalue weighted by atomic mass is 16.5. The van der Waals surface area contributed by atoms with E-state index in [4.69, 9.17) is 4.74 Å². The molecule has 7 heteroatoms. The summed E-state index contributed by atoms with van der Waals surface area (Å²) in [6, 6.07) is 0. The fourth-order valence-corrected chi connectivity index (χ4v) is 1.03. The molecule has 0 spiro atoms. The second kappa shape index (κ2) is 3.91. The lowest BCUT2D eigenvalue weighted by Gasteiger charge is -2.01. The number of aryl methyl sites for hydroxylation is 1.